The highest BCUT2D eigenvalue weighted by Gasteiger charge is 2.18. The lowest BCUT2D eigenvalue weighted by molar-refractivity contribution is 0.163. The second-order valence-corrected chi connectivity index (χ2v) is 6.08. The largest absolute Gasteiger partial charge is 0.496 e. The first-order valence-corrected chi connectivity index (χ1v) is 8.18. The number of halogens is 3. The van der Waals surface area contributed by atoms with Gasteiger partial charge in [0.25, 0.3) is 6.43 Å². The summed E-state index contributed by atoms with van der Waals surface area (Å²) in [6.07, 6.45) is -2.59. The highest BCUT2D eigenvalue weighted by Crippen LogP contribution is 2.34. The predicted molar refractivity (Wildman–Crippen MR) is 98.1 cm³/mol. The van der Waals surface area contributed by atoms with E-state index >= 15 is 0 Å². The molecule has 1 N–H and O–H groups in total. The van der Waals surface area contributed by atoms with Crippen molar-refractivity contribution in [2.75, 3.05) is 19.0 Å². The van der Waals surface area contributed by atoms with Crippen molar-refractivity contribution in [3.63, 3.8) is 0 Å². The second kappa shape index (κ2) is 7.29. The van der Waals surface area contributed by atoms with Crippen LogP contribution in [0, 0.1) is 6.92 Å². The number of anilines is 1. The lowest BCUT2D eigenvalue weighted by atomic mass is 10.1. The Balaban J connectivity index is 2.39. The number of aryl methyl sites for hydroxylation is 1. The normalized spacial score (nSPS) is 11.2. The fourth-order valence-corrected chi connectivity index (χ4v) is 3.00. The van der Waals surface area contributed by atoms with Gasteiger partial charge in [0.05, 0.1) is 30.2 Å². The van der Waals surface area contributed by atoms with Crippen LogP contribution in [0.4, 0.5) is 14.6 Å². The van der Waals surface area contributed by atoms with E-state index in [0.717, 1.165) is 5.56 Å². The molecule has 0 atom stereocenters. The first kappa shape index (κ1) is 18.1. The Morgan fingerprint density at radius 2 is 2.04 bits per heavy atom. The molecule has 0 saturated heterocycles. The minimum Gasteiger partial charge on any atom is -0.496 e. The summed E-state index contributed by atoms with van der Waals surface area (Å²) >= 11 is 6.18. The van der Waals surface area contributed by atoms with Gasteiger partial charge in [-0.25, -0.2) is 13.6 Å². The fourth-order valence-electron chi connectivity index (χ4n) is 2.80. The molecule has 0 aliphatic carbocycles. The van der Waals surface area contributed by atoms with Gasteiger partial charge in [-0.2, -0.15) is 4.98 Å². The lowest BCUT2D eigenvalue weighted by Crippen LogP contribution is -2.25. The third kappa shape index (κ3) is 3.35. The minimum atomic E-state index is -2.59. The summed E-state index contributed by atoms with van der Waals surface area (Å²) in [6.45, 7) is 1.22. The molecule has 3 aromatic rings. The van der Waals surface area contributed by atoms with E-state index in [1.807, 2.05) is 19.1 Å². The molecule has 0 bridgehead atoms. The van der Waals surface area contributed by atoms with Crippen LogP contribution in [0.1, 0.15) is 5.56 Å². The van der Waals surface area contributed by atoms with Crippen molar-refractivity contribution < 1.29 is 13.5 Å². The zero-order chi connectivity index (χ0) is 18.8. The third-order valence-corrected chi connectivity index (χ3v) is 4.14. The highest BCUT2D eigenvalue weighted by molar-refractivity contribution is 6.31. The minimum absolute atomic E-state index is 0.0312. The van der Waals surface area contributed by atoms with Crippen LogP contribution < -0.4 is 15.7 Å². The Morgan fingerprint density at radius 3 is 2.69 bits per heavy atom. The van der Waals surface area contributed by atoms with E-state index in [0.29, 0.717) is 27.4 Å². The zero-order valence-corrected chi connectivity index (χ0v) is 14.8. The van der Waals surface area contributed by atoms with Crippen molar-refractivity contribution >= 4 is 28.3 Å². The van der Waals surface area contributed by atoms with Gasteiger partial charge in [0.15, 0.2) is 0 Å². The second-order valence-electron chi connectivity index (χ2n) is 5.64. The van der Waals surface area contributed by atoms with Gasteiger partial charge in [-0.05, 0) is 30.7 Å². The molecule has 5 nitrogen and oxygen atoms in total. The molecule has 0 unspecified atom stereocenters. The van der Waals surface area contributed by atoms with Crippen molar-refractivity contribution in [3.8, 4) is 11.4 Å². The Labute approximate surface area is 153 Å². The van der Waals surface area contributed by atoms with Crippen molar-refractivity contribution in [3.05, 3.63) is 57.5 Å². The number of alkyl halides is 2. The van der Waals surface area contributed by atoms with Crippen LogP contribution in [0.2, 0.25) is 5.02 Å². The Hall–Kier alpha value is -2.67. The monoisotopic (exact) mass is 379 g/mol. The van der Waals surface area contributed by atoms with Crippen molar-refractivity contribution in [2.24, 2.45) is 0 Å². The van der Waals surface area contributed by atoms with Gasteiger partial charge in [-0.1, -0.05) is 29.8 Å². The number of fused-ring (bicyclic) bond motifs is 1. The zero-order valence-electron chi connectivity index (χ0n) is 14.1. The van der Waals surface area contributed by atoms with Crippen LogP contribution in [0.15, 0.2) is 41.2 Å². The molecule has 0 amide bonds. The number of rotatable bonds is 5. The highest BCUT2D eigenvalue weighted by atomic mass is 35.5. The number of hydrogen-bond donors (Lipinski definition) is 1. The standard InChI is InChI=1S/C18H16ClF2N3O2/c1-10-5-3-4-6-12(10)24-13-7-11(19)8-14(26-2)16(13)17(23-18(24)25)22-9-15(20)21/h3-8,15H,9H2,1-2H3,(H,22,23,25). The topological polar surface area (TPSA) is 56.1 Å². The average molecular weight is 380 g/mol. The molecule has 0 spiro atoms. The van der Waals surface area contributed by atoms with Gasteiger partial charge in [0.2, 0.25) is 0 Å². The third-order valence-electron chi connectivity index (χ3n) is 3.92. The molecule has 1 heterocycles. The lowest BCUT2D eigenvalue weighted by Gasteiger charge is -2.17. The van der Waals surface area contributed by atoms with E-state index in [4.69, 9.17) is 16.3 Å². The van der Waals surface area contributed by atoms with Crippen molar-refractivity contribution in [1.29, 1.82) is 0 Å². The average Bonchev–Trinajstić information content (AvgIpc) is 2.59. The van der Waals surface area contributed by atoms with E-state index < -0.39 is 18.7 Å². The maximum Gasteiger partial charge on any atom is 0.354 e. The van der Waals surface area contributed by atoms with Gasteiger partial charge in [0.1, 0.15) is 11.6 Å². The first-order valence-electron chi connectivity index (χ1n) is 7.80. The van der Waals surface area contributed by atoms with Gasteiger partial charge >= 0.3 is 5.69 Å². The molecule has 26 heavy (non-hydrogen) atoms. The van der Waals surface area contributed by atoms with E-state index in [1.165, 1.54) is 11.7 Å². The summed E-state index contributed by atoms with van der Waals surface area (Å²) in [7, 11) is 1.44. The molecule has 0 fully saturated rings. The summed E-state index contributed by atoms with van der Waals surface area (Å²) in [5, 5.41) is 3.27. The number of ether oxygens (including phenoxy) is 1. The molecular weight excluding hydrogens is 364 g/mol. The van der Waals surface area contributed by atoms with Crippen LogP contribution in [-0.4, -0.2) is 29.6 Å². The van der Waals surface area contributed by atoms with E-state index in [-0.39, 0.29) is 5.82 Å². The summed E-state index contributed by atoms with van der Waals surface area (Å²) in [6, 6.07) is 10.4. The maximum absolute atomic E-state index is 12.7. The van der Waals surface area contributed by atoms with Crippen LogP contribution in [-0.2, 0) is 0 Å². The summed E-state index contributed by atoms with van der Waals surface area (Å²) < 4.78 is 32.0. The summed E-state index contributed by atoms with van der Waals surface area (Å²) in [5.41, 5.74) is 1.29. The molecule has 0 aliphatic heterocycles. The van der Waals surface area contributed by atoms with Crippen LogP contribution in [0.25, 0.3) is 16.6 Å². The van der Waals surface area contributed by atoms with Gasteiger partial charge in [0, 0.05) is 5.02 Å². The van der Waals surface area contributed by atoms with Crippen LogP contribution in [0.3, 0.4) is 0 Å². The number of nitrogens with zero attached hydrogens (tertiary/aromatic N) is 2. The predicted octanol–water partition coefficient (Wildman–Crippen LogP) is 4.03. The fraction of sp³-hybridized carbons (Fsp3) is 0.222. The Bertz CT molecular complexity index is 1020. The van der Waals surface area contributed by atoms with Crippen molar-refractivity contribution in [2.45, 2.75) is 13.3 Å². The first-order chi connectivity index (χ1) is 12.4. The smallest absolute Gasteiger partial charge is 0.354 e. The summed E-state index contributed by atoms with van der Waals surface area (Å²) in [5.74, 6) is 0.364. The number of para-hydroxylation sites is 1. The number of aromatic nitrogens is 2. The molecular formula is C18H16ClF2N3O2. The maximum atomic E-state index is 12.7. The van der Waals surface area contributed by atoms with E-state index in [1.54, 1.807) is 24.3 Å². The summed E-state index contributed by atoms with van der Waals surface area (Å²) in [4.78, 5) is 16.7. The molecule has 1 aromatic heterocycles. The Morgan fingerprint density at radius 1 is 1.31 bits per heavy atom. The number of methoxy groups -OCH3 is 1. The number of benzene rings is 2. The van der Waals surface area contributed by atoms with Crippen LogP contribution >= 0.6 is 11.6 Å². The molecule has 3 rings (SSSR count). The Kier molecular flexibility index (Phi) is 5.08. The molecule has 2 aromatic carbocycles. The van der Waals surface area contributed by atoms with Gasteiger partial charge in [-0.15, -0.1) is 0 Å². The van der Waals surface area contributed by atoms with E-state index in [9.17, 15) is 13.6 Å². The molecule has 0 aliphatic rings. The molecule has 136 valence electrons. The van der Waals surface area contributed by atoms with Crippen LogP contribution in [0.5, 0.6) is 5.75 Å². The van der Waals surface area contributed by atoms with Gasteiger partial charge < -0.3 is 10.1 Å². The van der Waals surface area contributed by atoms with Crippen molar-refractivity contribution in [1.82, 2.24) is 9.55 Å². The quantitative estimate of drug-likeness (QED) is 0.727. The van der Waals surface area contributed by atoms with E-state index in [2.05, 4.69) is 10.3 Å². The molecule has 0 radical (unpaired) electrons. The number of hydrogen-bond acceptors (Lipinski definition) is 4. The van der Waals surface area contributed by atoms with Gasteiger partial charge in [-0.3, -0.25) is 4.57 Å². The SMILES string of the molecule is COc1cc(Cl)cc2c1c(NCC(F)F)nc(=O)n2-c1ccccc1C. The molecule has 8 heteroatoms. The number of nitrogens with one attached hydrogen (secondary N) is 1. The molecule has 0 saturated carbocycles.